The Balaban J connectivity index is 1.66. The Kier molecular flexibility index (Phi) is 6.22. The number of para-hydroxylation sites is 2. The maximum Gasteiger partial charge on any atom is 0.263 e. The van der Waals surface area contributed by atoms with Gasteiger partial charge in [0, 0.05) is 5.56 Å². The lowest BCUT2D eigenvalue weighted by Crippen LogP contribution is -2.18. The fraction of sp³-hybridized carbons (Fsp3) is 0.136. The first-order valence-electron chi connectivity index (χ1n) is 9.33. The maximum absolute atomic E-state index is 15.0. The minimum absolute atomic E-state index is 0.223. The molecule has 158 valence electrons. The van der Waals surface area contributed by atoms with Gasteiger partial charge in [0.1, 0.15) is 24.4 Å². The summed E-state index contributed by atoms with van der Waals surface area (Å²) in [4.78, 5) is 12.9. The summed E-state index contributed by atoms with van der Waals surface area (Å²) in [7, 11) is 1.49. The molecular weight excluding hydrogens is 405 g/mol. The van der Waals surface area contributed by atoms with Crippen molar-refractivity contribution in [2.24, 2.45) is 5.16 Å². The van der Waals surface area contributed by atoms with Crippen LogP contribution in [-0.4, -0.2) is 36.2 Å². The minimum Gasteiger partial charge on any atom is -0.504 e. The summed E-state index contributed by atoms with van der Waals surface area (Å²) in [5.41, 5.74) is 1.00. The van der Waals surface area contributed by atoms with Gasteiger partial charge in [0.2, 0.25) is 5.82 Å². The van der Waals surface area contributed by atoms with Gasteiger partial charge < -0.3 is 23.8 Å². The average Bonchev–Trinajstić information content (AvgIpc) is 2.82. The molecule has 1 aliphatic heterocycles. The number of nitrogens with zero attached hydrogens (tertiary/aromatic N) is 3. The molecule has 1 aromatic heterocycles. The first-order chi connectivity index (χ1) is 15.3. The molecule has 0 radical (unpaired) electrons. The number of oxime groups is 1. The second-order valence-corrected chi connectivity index (χ2v) is 6.16. The van der Waals surface area contributed by atoms with Crippen LogP contribution in [0.15, 0.2) is 72.3 Å². The summed E-state index contributed by atoms with van der Waals surface area (Å²) in [6, 6.07) is 15.7. The number of hydrogen-bond donors (Lipinski definition) is 0. The first-order valence-corrected chi connectivity index (χ1v) is 9.33. The fourth-order valence-electron chi connectivity index (χ4n) is 2.74. The van der Waals surface area contributed by atoms with Crippen LogP contribution in [0.5, 0.6) is 23.3 Å². The van der Waals surface area contributed by atoms with Crippen LogP contribution in [0.3, 0.4) is 0 Å². The van der Waals surface area contributed by atoms with Gasteiger partial charge in [-0.25, -0.2) is 0 Å². The molecule has 1 aliphatic rings. The van der Waals surface area contributed by atoms with Gasteiger partial charge in [-0.05, 0) is 23.4 Å². The van der Waals surface area contributed by atoms with Gasteiger partial charge in [0.15, 0.2) is 6.61 Å². The van der Waals surface area contributed by atoms with E-state index in [1.165, 1.54) is 13.4 Å². The Morgan fingerprint density at radius 1 is 0.968 bits per heavy atom. The number of hydrogen-bond acceptors (Lipinski definition) is 8. The summed E-state index contributed by atoms with van der Waals surface area (Å²) in [6.07, 6.45) is 2.60. The van der Waals surface area contributed by atoms with Gasteiger partial charge in [-0.3, -0.25) is 0 Å². The molecule has 0 saturated carbocycles. The molecule has 0 amide bonds. The van der Waals surface area contributed by atoms with Crippen molar-refractivity contribution in [1.82, 2.24) is 9.97 Å². The van der Waals surface area contributed by atoms with Gasteiger partial charge in [-0.2, -0.15) is 14.4 Å². The van der Waals surface area contributed by atoms with Gasteiger partial charge in [-0.15, -0.1) is 0 Å². The zero-order valence-electron chi connectivity index (χ0n) is 16.5. The standard InChI is InChI=1S/C22H18FN3O5/c1-27-13-17(20-26-29-12-11-28-20)16-9-5-6-10-18(16)31-22-19(23)21(24-14-25-22)30-15-7-3-2-4-8-15/h2-10,13-14H,11-12H2,1H3/b17-13+. The summed E-state index contributed by atoms with van der Waals surface area (Å²) in [5, 5.41) is 3.92. The van der Waals surface area contributed by atoms with Gasteiger partial charge in [0.05, 0.1) is 18.9 Å². The molecule has 3 aromatic rings. The van der Waals surface area contributed by atoms with E-state index in [2.05, 4.69) is 15.1 Å². The number of methoxy groups -OCH3 is 1. The summed E-state index contributed by atoms with van der Waals surface area (Å²) in [5.74, 6) is -0.439. The monoisotopic (exact) mass is 423 g/mol. The van der Waals surface area contributed by atoms with E-state index in [1.54, 1.807) is 48.5 Å². The summed E-state index contributed by atoms with van der Waals surface area (Å²) < 4.78 is 37.0. The molecule has 0 aliphatic carbocycles. The molecule has 0 bridgehead atoms. The second kappa shape index (κ2) is 9.57. The van der Waals surface area contributed by atoms with Crippen LogP contribution in [0.2, 0.25) is 0 Å². The Bertz CT molecular complexity index is 1110. The maximum atomic E-state index is 15.0. The Labute approximate surface area is 177 Å². The van der Waals surface area contributed by atoms with E-state index in [-0.39, 0.29) is 17.7 Å². The predicted octanol–water partition coefficient (Wildman–Crippen LogP) is 4.55. The van der Waals surface area contributed by atoms with Crippen LogP contribution in [0.25, 0.3) is 5.57 Å². The highest BCUT2D eigenvalue weighted by atomic mass is 19.1. The van der Waals surface area contributed by atoms with Crippen molar-refractivity contribution in [2.75, 3.05) is 20.3 Å². The van der Waals surface area contributed by atoms with Crippen molar-refractivity contribution in [1.29, 1.82) is 0 Å². The molecule has 8 nitrogen and oxygen atoms in total. The second-order valence-electron chi connectivity index (χ2n) is 6.16. The first kappa shape index (κ1) is 20.1. The van der Waals surface area contributed by atoms with E-state index < -0.39 is 5.82 Å². The Morgan fingerprint density at radius 3 is 2.45 bits per heavy atom. The normalized spacial score (nSPS) is 13.5. The van der Waals surface area contributed by atoms with Crippen molar-refractivity contribution in [3.63, 3.8) is 0 Å². The smallest absolute Gasteiger partial charge is 0.263 e. The quantitative estimate of drug-likeness (QED) is 0.516. The van der Waals surface area contributed by atoms with E-state index in [9.17, 15) is 4.39 Å². The lowest BCUT2D eigenvalue weighted by molar-refractivity contribution is 0.0667. The van der Waals surface area contributed by atoms with Gasteiger partial charge in [0.25, 0.3) is 17.7 Å². The number of aromatic nitrogens is 2. The summed E-state index contributed by atoms with van der Waals surface area (Å²) in [6.45, 7) is 0.682. The van der Waals surface area contributed by atoms with E-state index in [0.29, 0.717) is 35.8 Å². The molecule has 4 rings (SSSR count). The van der Waals surface area contributed by atoms with Crippen LogP contribution < -0.4 is 9.47 Å². The zero-order chi connectivity index (χ0) is 21.5. The van der Waals surface area contributed by atoms with Crippen LogP contribution >= 0.6 is 0 Å². The molecule has 0 unspecified atom stereocenters. The van der Waals surface area contributed by atoms with E-state index in [4.69, 9.17) is 23.8 Å². The average molecular weight is 423 g/mol. The van der Waals surface area contributed by atoms with Crippen molar-refractivity contribution in [2.45, 2.75) is 0 Å². The highest BCUT2D eigenvalue weighted by Crippen LogP contribution is 2.34. The highest BCUT2D eigenvalue weighted by Gasteiger charge is 2.22. The molecule has 0 saturated heterocycles. The predicted molar refractivity (Wildman–Crippen MR) is 109 cm³/mol. The number of rotatable bonds is 7. The van der Waals surface area contributed by atoms with Gasteiger partial charge >= 0.3 is 0 Å². The lowest BCUT2D eigenvalue weighted by Gasteiger charge is -2.18. The van der Waals surface area contributed by atoms with Crippen LogP contribution in [0.1, 0.15) is 5.56 Å². The van der Waals surface area contributed by atoms with Crippen LogP contribution in [0.4, 0.5) is 4.39 Å². The largest absolute Gasteiger partial charge is 0.504 e. The lowest BCUT2D eigenvalue weighted by atomic mass is 10.1. The number of ether oxygens (including phenoxy) is 4. The molecule has 9 heteroatoms. The number of halogens is 1. The Morgan fingerprint density at radius 2 is 1.71 bits per heavy atom. The van der Waals surface area contributed by atoms with E-state index in [0.717, 1.165) is 6.33 Å². The SMILES string of the molecule is CO/C=C(/C1=NOCCO1)c1ccccc1Oc1ncnc(Oc2ccccc2)c1F. The highest BCUT2D eigenvalue weighted by molar-refractivity contribution is 6.20. The molecule has 2 heterocycles. The minimum atomic E-state index is -0.840. The fourth-order valence-corrected chi connectivity index (χ4v) is 2.74. The number of benzene rings is 2. The van der Waals surface area contributed by atoms with Crippen LogP contribution in [-0.2, 0) is 14.3 Å². The van der Waals surface area contributed by atoms with Crippen LogP contribution in [0, 0.1) is 5.82 Å². The third-order valence-corrected chi connectivity index (χ3v) is 4.09. The Hall–Kier alpha value is -4.14. The third kappa shape index (κ3) is 4.72. The zero-order valence-corrected chi connectivity index (χ0v) is 16.5. The molecular formula is C22H18FN3O5. The van der Waals surface area contributed by atoms with Crippen molar-refractivity contribution >= 4 is 11.5 Å². The molecule has 0 atom stereocenters. The molecule has 0 spiro atoms. The van der Waals surface area contributed by atoms with Gasteiger partial charge in [-0.1, -0.05) is 36.4 Å². The van der Waals surface area contributed by atoms with Crippen molar-refractivity contribution in [3.05, 3.63) is 78.6 Å². The van der Waals surface area contributed by atoms with E-state index >= 15 is 0 Å². The topological polar surface area (TPSA) is 84.3 Å². The molecule has 0 N–H and O–H groups in total. The third-order valence-electron chi connectivity index (χ3n) is 4.09. The molecule has 0 fully saturated rings. The van der Waals surface area contributed by atoms with Crippen molar-refractivity contribution in [3.8, 4) is 23.3 Å². The summed E-state index contributed by atoms with van der Waals surface area (Å²) >= 11 is 0. The van der Waals surface area contributed by atoms with E-state index in [1.807, 2.05) is 6.07 Å². The molecule has 31 heavy (non-hydrogen) atoms. The molecule has 2 aromatic carbocycles. The van der Waals surface area contributed by atoms with Crippen molar-refractivity contribution < 1.29 is 28.2 Å².